The first-order chi connectivity index (χ1) is 14.9. The number of nitrogens with one attached hydrogen (secondary N) is 2. The van der Waals surface area contributed by atoms with Crippen LogP contribution in [0.2, 0.25) is 0 Å². The predicted octanol–water partition coefficient (Wildman–Crippen LogP) is 3.41. The van der Waals surface area contributed by atoms with E-state index in [4.69, 9.17) is 9.26 Å². The third-order valence-electron chi connectivity index (χ3n) is 5.63. The van der Waals surface area contributed by atoms with E-state index < -0.39 is 0 Å². The molecule has 1 aliphatic heterocycles. The maximum absolute atomic E-state index is 12.8. The zero-order chi connectivity index (χ0) is 21.3. The van der Waals surface area contributed by atoms with E-state index in [1.54, 1.807) is 4.40 Å². The molecule has 5 aromatic rings. The van der Waals surface area contributed by atoms with Crippen LogP contribution >= 0.6 is 0 Å². The van der Waals surface area contributed by atoms with Crippen molar-refractivity contribution in [3.63, 3.8) is 0 Å². The standard InChI is InChI=1S/C22H20N6O3/c1-22(2,3)18-17-16-7-11-6-12(30-20-13-8-23-9-14(13)24-10-25-20)4-5-15(11)28(16)21(29)26-19(17)27-31-18/h4-7,10,23H,8-9H2,1-3H3,(H,26,27,29). The number of H-pyrrole nitrogens is 1. The number of ether oxygens (including phenoxy) is 1. The molecule has 156 valence electrons. The van der Waals surface area contributed by atoms with Gasteiger partial charge in [0.05, 0.1) is 27.7 Å². The van der Waals surface area contributed by atoms with Gasteiger partial charge in [0.25, 0.3) is 0 Å². The zero-order valence-corrected chi connectivity index (χ0v) is 17.3. The smallest absolute Gasteiger partial charge is 0.332 e. The van der Waals surface area contributed by atoms with Crippen molar-refractivity contribution in [2.75, 3.05) is 0 Å². The van der Waals surface area contributed by atoms with Gasteiger partial charge >= 0.3 is 5.69 Å². The van der Waals surface area contributed by atoms with Gasteiger partial charge in [-0.05, 0) is 24.3 Å². The Morgan fingerprint density at radius 1 is 1.13 bits per heavy atom. The molecule has 0 unspecified atom stereocenters. The van der Waals surface area contributed by atoms with Gasteiger partial charge in [-0.25, -0.2) is 14.8 Å². The summed E-state index contributed by atoms with van der Waals surface area (Å²) in [7, 11) is 0. The Labute approximate surface area is 176 Å². The second-order valence-electron chi connectivity index (χ2n) is 8.81. The van der Waals surface area contributed by atoms with Gasteiger partial charge < -0.3 is 14.6 Å². The van der Waals surface area contributed by atoms with E-state index in [1.165, 1.54) is 6.33 Å². The van der Waals surface area contributed by atoms with E-state index in [2.05, 4.69) is 46.2 Å². The largest absolute Gasteiger partial charge is 0.439 e. The fourth-order valence-corrected chi connectivity index (χ4v) is 4.21. The molecule has 0 spiro atoms. The molecule has 6 rings (SSSR count). The molecule has 0 saturated heterocycles. The lowest BCUT2D eigenvalue weighted by atomic mass is 9.91. The van der Waals surface area contributed by atoms with Crippen LogP contribution in [0.15, 0.2) is 39.9 Å². The van der Waals surface area contributed by atoms with Crippen LogP contribution in [-0.4, -0.2) is 24.5 Å². The number of benzene rings is 1. The summed E-state index contributed by atoms with van der Waals surface area (Å²) >= 11 is 0. The van der Waals surface area contributed by atoms with Gasteiger partial charge in [-0.3, -0.25) is 9.38 Å². The molecule has 9 heteroatoms. The Bertz CT molecular complexity index is 1550. The van der Waals surface area contributed by atoms with Gasteiger partial charge in [0.2, 0.25) is 5.88 Å². The van der Waals surface area contributed by atoms with Crippen LogP contribution in [0.4, 0.5) is 0 Å². The van der Waals surface area contributed by atoms with E-state index in [1.807, 2.05) is 24.3 Å². The predicted molar refractivity (Wildman–Crippen MR) is 114 cm³/mol. The highest BCUT2D eigenvalue weighted by Crippen LogP contribution is 2.35. The maximum atomic E-state index is 12.8. The number of aromatic amines is 1. The molecule has 0 aliphatic carbocycles. The normalized spacial score (nSPS) is 14.0. The van der Waals surface area contributed by atoms with Gasteiger partial charge in [-0.2, -0.15) is 0 Å². The van der Waals surface area contributed by atoms with Crippen molar-refractivity contribution >= 4 is 27.5 Å². The Hall–Kier alpha value is -3.72. The first-order valence-electron chi connectivity index (χ1n) is 10.1. The molecule has 31 heavy (non-hydrogen) atoms. The average Bonchev–Trinajstić information content (AvgIpc) is 3.43. The number of hydrogen-bond acceptors (Lipinski definition) is 7. The molecule has 4 aromatic heterocycles. The van der Waals surface area contributed by atoms with Crippen LogP contribution in [0.25, 0.3) is 27.5 Å². The molecular formula is C22H20N6O3. The minimum Gasteiger partial charge on any atom is -0.439 e. The SMILES string of the molecule is CC(C)(C)c1onc2[nH]c(=O)n3c4ccc(Oc5ncnc6c5CNC6)cc4cc3c12. The topological polar surface area (TPSA) is 110 Å². The summed E-state index contributed by atoms with van der Waals surface area (Å²) < 4.78 is 13.3. The van der Waals surface area contributed by atoms with Crippen LogP contribution in [0, 0.1) is 0 Å². The Balaban J connectivity index is 1.54. The zero-order valence-electron chi connectivity index (χ0n) is 17.3. The maximum Gasteiger partial charge on any atom is 0.332 e. The monoisotopic (exact) mass is 416 g/mol. The number of rotatable bonds is 2. The van der Waals surface area contributed by atoms with E-state index in [0.29, 0.717) is 30.4 Å². The number of fused-ring (bicyclic) bond motifs is 6. The first kappa shape index (κ1) is 18.1. The van der Waals surface area contributed by atoms with Gasteiger partial charge in [-0.15, -0.1) is 0 Å². The molecule has 2 N–H and O–H groups in total. The van der Waals surface area contributed by atoms with E-state index in [0.717, 1.165) is 38.8 Å². The van der Waals surface area contributed by atoms with Crippen molar-refractivity contribution < 1.29 is 9.26 Å². The van der Waals surface area contributed by atoms with Crippen molar-refractivity contribution in [1.29, 1.82) is 0 Å². The molecule has 0 bridgehead atoms. The highest BCUT2D eigenvalue weighted by Gasteiger charge is 2.26. The van der Waals surface area contributed by atoms with Gasteiger partial charge in [0.15, 0.2) is 11.4 Å². The molecule has 5 heterocycles. The second-order valence-corrected chi connectivity index (χ2v) is 8.81. The van der Waals surface area contributed by atoms with E-state index in [9.17, 15) is 4.79 Å². The van der Waals surface area contributed by atoms with Crippen molar-refractivity contribution in [2.45, 2.75) is 39.3 Å². The Kier molecular flexibility index (Phi) is 3.58. The third-order valence-corrected chi connectivity index (χ3v) is 5.63. The van der Waals surface area contributed by atoms with Crippen LogP contribution in [0.1, 0.15) is 37.8 Å². The van der Waals surface area contributed by atoms with Gasteiger partial charge in [0, 0.05) is 23.9 Å². The molecule has 0 atom stereocenters. The summed E-state index contributed by atoms with van der Waals surface area (Å²) in [4.78, 5) is 24.2. The molecule has 0 saturated carbocycles. The molecule has 1 aromatic carbocycles. The van der Waals surface area contributed by atoms with Crippen LogP contribution < -0.4 is 15.7 Å². The van der Waals surface area contributed by atoms with Gasteiger partial charge in [0.1, 0.15) is 12.1 Å². The summed E-state index contributed by atoms with van der Waals surface area (Å²) in [5, 5.41) is 9.03. The van der Waals surface area contributed by atoms with Crippen molar-refractivity contribution in [3.8, 4) is 11.6 Å². The Morgan fingerprint density at radius 2 is 2.00 bits per heavy atom. The minimum atomic E-state index is -0.264. The Morgan fingerprint density at radius 3 is 2.84 bits per heavy atom. The molecule has 0 radical (unpaired) electrons. The molecule has 1 aliphatic rings. The average molecular weight is 416 g/mol. The molecule has 9 nitrogen and oxygen atoms in total. The fraction of sp³-hybridized carbons (Fsp3) is 0.273. The number of nitrogens with zero attached hydrogens (tertiary/aromatic N) is 4. The fourth-order valence-electron chi connectivity index (χ4n) is 4.21. The second kappa shape index (κ2) is 6.14. The van der Waals surface area contributed by atoms with Crippen LogP contribution in [0.5, 0.6) is 11.6 Å². The minimum absolute atomic E-state index is 0.264. The lowest BCUT2D eigenvalue weighted by molar-refractivity contribution is 0.335. The summed E-state index contributed by atoms with van der Waals surface area (Å²) in [6.45, 7) is 7.56. The lowest BCUT2D eigenvalue weighted by Crippen LogP contribution is -2.17. The quantitative estimate of drug-likeness (QED) is 0.454. The summed E-state index contributed by atoms with van der Waals surface area (Å²) in [5.74, 6) is 1.92. The van der Waals surface area contributed by atoms with Crippen LogP contribution in [0.3, 0.4) is 0 Å². The third kappa shape index (κ3) is 2.66. The first-order valence-corrected chi connectivity index (χ1v) is 10.1. The van der Waals surface area contributed by atoms with Crippen molar-refractivity contribution in [1.82, 2.24) is 29.8 Å². The van der Waals surface area contributed by atoms with Gasteiger partial charge in [-0.1, -0.05) is 25.9 Å². The molecule has 0 amide bonds. The summed E-state index contributed by atoms with van der Waals surface area (Å²) in [6.07, 6.45) is 1.52. The number of hydrogen-bond donors (Lipinski definition) is 2. The highest BCUT2D eigenvalue weighted by atomic mass is 16.5. The van der Waals surface area contributed by atoms with Crippen molar-refractivity contribution in [3.05, 3.63) is 58.1 Å². The number of aromatic nitrogens is 5. The molecular weight excluding hydrogens is 396 g/mol. The summed E-state index contributed by atoms with van der Waals surface area (Å²) in [5.41, 5.74) is 3.38. The van der Waals surface area contributed by atoms with E-state index >= 15 is 0 Å². The molecule has 0 fully saturated rings. The van der Waals surface area contributed by atoms with E-state index in [-0.39, 0.29) is 11.1 Å². The lowest BCUT2D eigenvalue weighted by Gasteiger charge is -2.14. The van der Waals surface area contributed by atoms with Crippen molar-refractivity contribution in [2.24, 2.45) is 0 Å². The highest BCUT2D eigenvalue weighted by molar-refractivity contribution is 6.01. The summed E-state index contributed by atoms with van der Waals surface area (Å²) in [6, 6.07) is 7.60. The van der Waals surface area contributed by atoms with Crippen LogP contribution in [-0.2, 0) is 18.5 Å².